The Morgan fingerprint density at radius 3 is 2.75 bits per heavy atom. The normalized spacial score (nSPS) is 10.8. The summed E-state index contributed by atoms with van der Waals surface area (Å²) in [7, 11) is 1.81. The molecule has 0 amide bonds. The Bertz CT molecular complexity index is 522. The Hall–Kier alpha value is -2.17. The van der Waals surface area contributed by atoms with Gasteiger partial charge in [0.15, 0.2) is 5.69 Å². The highest BCUT2D eigenvalue weighted by atomic mass is 16.5. The molecule has 0 aliphatic rings. The number of carbonyl (C=O) groups is 1. The van der Waals surface area contributed by atoms with Gasteiger partial charge in [-0.15, -0.1) is 0 Å². The van der Waals surface area contributed by atoms with E-state index < -0.39 is 0 Å². The van der Waals surface area contributed by atoms with Crippen LogP contribution in [0, 0.1) is 12.8 Å². The standard InChI is InChI=1S/C15H21N3O2/c1-10(2)9-20-14(19)8-6-12-5-7-13(17-4)15(18-16)11(12)3/h5-8,10,16-17H,9H2,1-4H3/p+1/b8-6+,18-16?. The van der Waals surface area contributed by atoms with Gasteiger partial charge < -0.3 is 10.1 Å². The minimum atomic E-state index is -0.345. The first-order valence-electron chi connectivity index (χ1n) is 6.56. The second-order valence-electron chi connectivity index (χ2n) is 4.91. The second kappa shape index (κ2) is 7.43. The van der Waals surface area contributed by atoms with Gasteiger partial charge in [0.05, 0.1) is 12.3 Å². The second-order valence-corrected chi connectivity index (χ2v) is 4.91. The maximum absolute atomic E-state index is 11.5. The maximum atomic E-state index is 11.5. The number of esters is 1. The molecule has 0 heterocycles. The van der Waals surface area contributed by atoms with Gasteiger partial charge in [-0.3, -0.25) is 0 Å². The summed E-state index contributed by atoms with van der Waals surface area (Å²) in [5.41, 5.74) is 8.73. The van der Waals surface area contributed by atoms with Crippen LogP contribution >= 0.6 is 0 Å². The molecule has 0 radical (unpaired) electrons. The van der Waals surface area contributed by atoms with Crippen molar-refractivity contribution in [1.82, 2.24) is 0 Å². The summed E-state index contributed by atoms with van der Waals surface area (Å²) < 4.78 is 5.08. The highest BCUT2D eigenvalue weighted by Crippen LogP contribution is 2.30. The number of hydrogen-bond donors (Lipinski definition) is 2. The van der Waals surface area contributed by atoms with Gasteiger partial charge >= 0.3 is 5.97 Å². The van der Waals surface area contributed by atoms with E-state index in [0.29, 0.717) is 18.2 Å². The number of nitrogens with two attached hydrogens (primary N) is 1. The number of rotatable bonds is 6. The molecule has 5 heteroatoms. The van der Waals surface area contributed by atoms with Crippen molar-refractivity contribution in [3.63, 3.8) is 0 Å². The van der Waals surface area contributed by atoms with Crippen molar-refractivity contribution in [2.24, 2.45) is 11.0 Å². The van der Waals surface area contributed by atoms with Crippen molar-refractivity contribution >= 4 is 23.4 Å². The van der Waals surface area contributed by atoms with E-state index in [1.165, 1.54) is 6.08 Å². The molecule has 108 valence electrons. The molecule has 0 bridgehead atoms. The zero-order valence-corrected chi connectivity index (χ0v) is 12.4. The third kappa shape index (κ3) is 4.19. The molecule has 0 spiro atoms. The van der Waals surface area contributed by atoms with E-state index in [9.17, 15) is 4.79 Å². The summed E-state index contributed by atoms with van der Waals surface area (Å²) in [6.45, 7) is 6.31. The molecule has 0 fully saturated rings. The van der Waals surface area contributed by atoms with Gasteiger partial charge in [0.25, 0.3) is 0 Å². The number of ether oxygens (including phenoxy) is 1. The Morgan fingerprint density at radius 1 is 1.50 bits per heavy atom. The summed E-state index contributed by atoms with van der Waals surface area (Å²) in [6.07, 6.45) is 3.14. The van der Waals surface area contributed by atoms with Crippen LogP contribution in [-0.4, -0.2) is 19.6 Å². The number of nitrogens with zero attached hydrogens (tertiary/aromatic N) is 1. The van der Waals surface area contributed by atoms with Gasteiger partial charge in [0.2, 0.25) is 0 Å². The van der Waals surface area contributed by atoms with Gasteiger partial charge in [0, 0.05) is 13.1 Å². The molecule has 0 aliphatic heterocycles. The molecular weight excluding hydrogens is 254 g/mol. The van der Waals surface area contributed by atoms with Gasteiger partial charge in [0.1, 0.15) is 0 Å². The molecule has 5 nitrogen and oxygen atoms in total. The van der Waals surface area contributed by atoms with E-state index in [1.807, 2.05) is 40.0 Å². The molecule has 0 aliphatic carbocycles. The quantitative estimate of drug-likeness (QED) is 0.474. The molecule has 0 saturated carbocycles. The highest BCUT2D eigenvalue weighted by Gasteiger charge is 2.09. The van der Waals surface area contributed by atoms with Crippen LogP contribution in [0.5, 0.6) is 0 Å². The summed E-state index contributed by atoms with van der Waals surface area (Å²) in [5.74, 6) is -0.0197. The maximum Gasteiger partial charge on any atom is 0.330 e. The lowest BCUT2D eigenvalue weighted by Gasteiger charge is -2.08. The van der Waals surface area contributed by atoms with E-state index in [1.54, 1.807) is 6.08 Å². The summed E-state index contributed by atoms with van der Waals surface area (Å²) in [5, 5.41) is 6.80. The lowest BCUT2D eigenvalue weighted by molar-refractivity contribution is -0.210. The van der Waals surface area contributed by atoms with Crippen molar-refractivity contribution in [2.45, 2.75) is 20.8 Å². The predicted octanol–water partition coefficient (Wildman–Crippen LogP) is 2.09. The van der Waals surface area contributed by atoms with Crippen LogP contribution in [0.15, 0.2) is 23.3 Å². The molecule has 0 saturated heterocycles. The van der Waals surface area contributed by atoms with Crippen molar-refractivity contribution in [1.29, 1.82) is 0 Å². The minimum Gasteiger partial charge on any atom is -0.462 e. The van der Waals surface area contributed by atoms with Crippen LogP contribution in [0.4, 0.5) is 11.4 Å². The topological polar surface area (TPSA) is 76.3 Å². The molecule has 0 unspecified atom stereocenters. The lowest BCUT2D eigenvalue weighted by Crippen LogP contribution is -2.22. The van der Waals surface area contributed by atoms with Crippen LogP contribution < -0.4 is 10.8 Å². The van der Waals surface area contributed by atoms with Gasteiger partial charge in [-0.25, -0.2) is 4.79 Å². The van der Waals surface area contributed by atoms with Crippen molar-refractivity contribution in [3.8, 4) is 0 Å². The minimum absolute atomic E-state index is 0.326. The van der Waals surface area contributed by atoms with E-state index in [0.717, 1.165) is 16.8 Å². The largest absolute Gasteiger partial charge is 0.462 e. The SMILES string of the molecule is CNc1ccc(/C=C/C(=O)OCC(C)C)c(C)c1N=[NH2+]. The Morgan fingerprint density at radius 2 is 2.20 bits per heavy atom. The first kappa shape index (κ1) is 15.9. The van der Waals surface area contributed by atoms with E-state index in [2.05, 4.69) is 10.4 Å². The zero-order chi connectivity index (χ0) is 15.1. The zero-order valence-electron chi connectivity index (χ0n) is 12.4. The Labute approximate surface area is 119 Å². The first-order chi connectivity index (χ1) is 9.49. The highest BCUT2D eigenvalue weighted by molar-refractivity contribution is 5.88. The predicted molar refractivity (Wildman–Crippen MR) is 79.6 cm³/mol. The van der Waals surface area contributed by atoms with E-state index in [-0.39, 0.29) is 5.97 Å². The fourth-order valence-corrected chi connectivity index (χ4v) is 1.72. The average molecular weight is 276 g/mol. The van der Waals surface area contributed by atoms with E-state index in [4.69, 9.17) is 10.3 Å². The molecule has 0 aromatic heterocycles. The van der Waals surface area contributed by atoms with Crippen LogP contribution in [0.1, 0.15) is 25.0 Å². The Kier molecular flexibility index (Phi) is 5.90. The summed E-state index contributed by atoms with van der Waals surface area (Å²) >= 11 is 0. The molecule has 20 heavy (non-hydrogen) atoms. The third-order valence-electron chi connectivity index (χ3n) is 2.83. The van der Waals surface area contributed by atoms with E-state index >= 15 is 0 Å². The van der Waals surface area contributed by atoms with Crippen LogP contribution in [-0.2, 0) is 9.53 Å². The fourth-order valence-electron chi connectivity index (χ4n) is 1.72. The summed E-state index contributed by atoms with van der Waals surface area (Å²) in [4.78, 5) is 11.5. The molecule has 0 atom stereocenters. The molecule has 1 aromatic carbocycles. The van der Waals surface area contributed by atoms with Gasteiger partial charge in [-0.1, -0.05) is 19.9 Å². The summed E-state index contributed by atoms with van der Waals surface area (Å²) in [6, 6.07) is 3.78. The monoisotopic (exact) mass is 276 g/mol. The lowest BCUT2D eigenvalue weighted by atomic mass is 10.0. The van der Waals surface area contributed by atoms with Crippen molar-refractivity contribution < 1.29 is 15.1 Å². The molecular formula is C15H22N3O2+. The third-order valence-corrected chi connectivity index (χ3v) is 2.83. The molecule has 1 rings (SSSR count). The number of benzene rings is 1. The van der Waals surface area contributed by atoms with Gasteiger partial charge in [-0.2, -0.15) is 5.53 Å². The van der Waals surface area contributed by atoms with Crippen molar-refractivity contribution in [3.05, 3.63) is 29.3 Å². The Balaban J connectivity index is 2.88. The molecule has 3 N–H and O–H groups in total. The first-order valence-corrected chi connectivity index (χ1v) is 6.56. The van der Waals surface area contributed by atoms with Crippen LogP contribution in [0.2, 0.25) is 0 Å². The smallest absolute Gasteiger partial charge is 0.330 e. The van der Waals surface area contributed by atoms with Gasteiger partial charge in [-0.05, 0) is 41.2 Å². The van der Waals surface area contributed by atoms with Crippen LogP contribution in [0.3, 0.4) is 0 Å². The average Bonchev–Trinajstić information content (AvgIpc) is 2.43. The van der Waals surface area contributed by atoms with Crippen molar-refractivity contribution in [2.75, 3.05) is 19.0 Å². The number of carbonyl (C=O) groups excluding carboxylic acids is 1. The van der Waals surface area contributed by atoms with Crippen LogP contribution in [0.25, 0.3) is 6.08 Å². The fraction of sp³-hybridized carbons (Fsp3) is 0.400. The number of anilines is 1. The number of nitrogens with one attached hydrogen (secondary N) is 1. The number of hydrogen-bond acceptors (Lipinski definition) is 4. The molecule has 1 aromatic rings.